The van der Waals surface area contributed by atoms with Gasteiger partial charge in [0.15, 0.2) is 0 Å². The van der Waals surface area contributed by atoms with Crippen molar-refractivity contribution < 1.29 is 0 Å². The van der Waals surface area contributed by atoms with E-state index in [4.69, 9.17) is 5.73 Å². The lowest BCUT2D eigenvalue weighted by Gasteiger charge is -2.27. The van der Waals surface area contributed by atoms with Gasteiger partial charge in [-0.3, -0.25) is 0 Å². The highest BCUT2D eigenvalue weighted by atomic mass is 32.1. The second-order valence-electron chi connectivity index (χ2n) is 4.09. The van der Waals surface area contributed by atoms with E-state index < -0.39 is 0 Å². The van der Waals surface area contributed by atoms with E-state index in [1.807, 2.05) is 11.3 Å². The molecule has 1 saturated carbocycles. The molecule has 0 radical (unpaired) electrons. The van der Waals surface area contributed by atoms with Crippen molar-refractivity contribution in [2.75, 3.05) is 6.54 Å². The van der Waals surface area contributed by atoms with Crippen LogP contribution in [0.2, 0.25) is 0 Å². The highest BCUT2D eigenvalue weighted by Crippen LogP contribution is 2.22. The SMILES string of the molecule is Cc1ccc(C(N)CNC2CCC2)s1. The molecule has 1 fully saturated rings. The molecular formula is C11H18N2S. The maximum absolute atomic E-state index is 6.08. The maximum atomic E-state index is 6.08. The molecule has 3 heteroatoms. The van der Waals surface area contributed by atoms with Gasteiger partial charge in [0.05, 0.1) is 6.04 Å². The summed E-state index contributed by atoms with van der Waals surface area (Å²) in [4.78, 5) is 2.65. The van der Waals surface area contributed by atoms with Gasteiger partial charge in [0.25, 0.3) is 0 Å². The van der Waals surface area contributed by atoms with Gasteiger partial charge in [0.1, 0.15) is 0 Å². The van der Waals surface area contributed by atoms with Crippen LogP contribution in [-0.4, -0.2) is 12.6 Å². The molecule has 3 N–H and O–H groups in total. The van der Waals surface area contributed by atoms with Crippen molar-refractivity contribution in [2.24, 2.45) is 5.73 Å². The third-order valence-corrected chi connectivity index (χ3v) is 3.99. The molecule has 0 amide bonds. The highest BCUT2D eigenvalue weighted by molar-refractivity contribution is 7.12. The third kappa shape index (κ3) is 2.35. The zero-order valence-corrected chi connectivity index (χ0v) is 9.44. The molecule has 14 heavy (non-hydrogen) atoms. The minimum atomic E-state index is 0.175. The molecule has 78 valence electrons. The minimum Gasteiger partial charge on any atom is -0.322 e. The Morgan fingerprint density at radius 2 is 2.36 bits per heavy atom. The average Bonchev–Trinajstić information content (AvgIpc) is 2.49. The van der Waals surface area contributed by atoms with Crippen LogP contribution >= 0.6 is 11.3 Å². The molecule has 0 saturated heterocycles. The van der Waals surface area contributed by atoms with Crippen LogP contribution in [0.4, 0.5) is 0 Å². The topological polar surface area (TPSA) is 38.0 Å². The van der Waals surface area contributed by atoms with Gasteiger partial charge in [-0.05, 0) is 31.9 Å². The van der Waals surface area contributed by atoms with Gasteiger partial charge in [-0.1, -0.05) is 6.42 Å². The minimum absolute atomic E-state index is 0.175. The van der Waals surface area contributed by atoms with Crippen LogP contribution < -0.4 is 11.1 Å². The van der Waals surface area contributed by atoms with Crippen LogP contribution in [0.3, 0.4) is 0 Å². The van der Waals surface area contributed by atoms with Crippen LogP contribution in [0, 0.1) is 6.92 Å². The lowest BCUT2D eigenvalue weighted by atomic mass is 9.93. The molecule has 0 bridgehead atoms. The molecule has 2 rings (SSSR count). The average molecular weight is 210 g/mol. The summed E-state index contributed by atoms with van der Waals surface area (Å²) in [6, 6.07) is 5.20. The summed E-state index contributed by atoms with van der Waals surface area (Å²) in [5, 5.41) is 3.51. The Labute approximate surface area is 89.5 Å². The number of nitrogens with two attached hydrogens (primary N) is 1. The predicted octanol–water partition coefficient (Wildman–Crippen LogP) is 2.20. The molecule has 1 aliphatic rings. The Morgan fingerprint density at radius 3 is 2.86 bits per heavy atom. The van der Waals surface area contributed by atoms with E-state index in [9.17, 15) is 0 Å². The van der Waals surface area contributed by atoms with Gasteiger partial charge in [0, 0.05) is 22.3 Å². The van der Waals surface area contributed by atoms with Crippen molar-refractivity contribution in [1.82, 2.24) is 5.32 Å². The lowest BCUT2D eigenvalue weighted by molar-refractivity contribution is 0.333. The Bertz CT molecular complexity index is 291. The molecule has 1 aromatic heterocycles. The number of aryl methyl sites for hydroxylation is 1. The monoisotopic (exact) mass is 210 g/mol. The number of thiophene rings is 1. The first-order valence-corrected chi connectivity index (χ1v) is 6.12. The van der Waals surface area contributed by atoms with Gasteiger partial charge in [-0.15, -0.1) is 11.3 Å². The fraction of sp³-hybridized carbons (Fsp3) is 0.636. The molecular weight excluding hydrogens is 192 g/mol. The normalized spacial score (nSPS) is 19.3. The summed E-state index contributed by atoms with van der Waals surface area (Å²) in [6.45, 7) is 3.05. The van der Waals surface area contributed by atoms with Crippen molar-refractivity contribution in [3.8, 4) is 0 Å². The second-order valence-corrected chi connectivity index (χ2v) is 5.41. The van der Waals surface area contributed by atoms with E-state index in [1.165, 1.54) is 29.0 Å². The van der Waals surface area contributed by atoms with E-state index in [0.29, 0.717) is 0 Å². The number of rotatable bonds is 4. The fourth-order valence-electron chi connectivity index (χ4n) is 1.66. The number of hydrogen-bond acceptors (Lipinski definition) is 3. The number of nitrogens with one attached hydrogen (secondary N) is 1. The highest BCUT2D eigenvalue weighted by Gasteiger charge is 2.18. The Balaban J connectivity index is 1.79. The third-order valence-electron chi connectivity index (χ3n) is 2.86. The van der Waals surface area contributed by atoms with Gasteiger partial charge >= 0.3 is 0 Å². The van der Waals surface area contributed by atoms with Gasteiger partial charge in [-0.2, -0.15) is 0 Å². The first-order valence-electron chi connectivity index (χ1n) is 5.31. The van der Waals surface area contributed by atoms with Crippen LogP contribution in [0.5, 0.6) is 0 Å². The second kappa shape index (κ2) is 4.43. The van der Waals surface area contributed by atoms with Crippen LogP contribution in [0.1, 0.15) is 35.1 Å². The Hall–Kier alpha value is -0.380. The van der Waals surface area contributed by atoms with Crippen molar-refractivity contribution in [2.45, 2.75) is 38.3 Å². The van der Waals surface area contributed by atoms with Crippen molar-refractivity contribution >= 4 is 11.3 Å². The summed E-state index contributed by atoms with van der Waals surface area (Å²) in [6.07, 6.45) is 4.04. The molecule has 1 heterocycles. The molecule has 0 spiro atoms. The first-order chi connectivity index (χ1) is 6.75. The lowest BCUT2D eigenvalue weighted by Crippen LogP contribution is -2.39. The first kappa shape index (κ1) is 10.1. The largest absolute Gasteiger partial charge is 0.322 e. The van der Waals surface area contributed by atoms with Crippen molar-refractivity contribution in [3.05, 3.63) is 21.9 Å². The summed E-state index contributed by atoms with van der Waals surface area (Å²) < 4.78 is 0. The van der Waals surface area contributed by atoms with Gasteiger partial charge in [0.2, 0.25) is 0 Å². The molecule has 1 unspecified atom stereocenters. The predicted molar refractivity (Wildman–Crippen MR) is 61.6 cm³/mol. The fourth-order valence-corrected chi connectivity index (χ4v) is 2.54. The van der Waals surface area contributed by atoms with Gasteiger partial charge < -0.3 is 11.1 Å². The standard InChI is InChI=1S/C11H18N2S/c1-8-5-6-11(14-8)10(12)7-13-9-3-2-4-9/h5-6,9-10,13H,2-4,7,12H2,1H3. The zero-order valence-electron chi connectivity index (χ0n) is 8.62. The van der Waals surface area contributed by atoms with Crippen LogP contribution in [-0.2, 0) is 0 Å². The van der Waals surface area contributed by atoms with E-state index in [-0.39, 0.29) is 6.04 Å². The quantitative estimate of drug-likeness (QED) is 0.799. The van der Waals surface area contributed by atoms with Crippen LogP contribution in [0.25, 0.3) is 0 Å². The van der Waals surface area contributed by atoms with Crippen molar-refractivity contribution in [1.29, 1.82) is 0 Å². The Morgan fingerprint density at radius 1 is 1.57 bits per heavy atom. The molecule has 1 aromatic rings. The Kier molecular flexibility index (Phi) is 3.21. The molecule has 1 atom stereocenters. The van der Waals surface area contributed by atoms with Crippen LogP contribution in [0.15, 0.2) is 12.1 Å². The van der Waals surface area contributed by atoms with Gasteiger partial charge in [-0.25, -0.2) is 0 Å². The van der Waals surface area contributed by atoms with E-state index in [1.54, 1.807) is 0 Å². The summed E-state index contributed by atoms with van der Waals surface area (Å²) in [7, 11) is 0. The number of hydrogen-bond donors (Lipinski definition) is 2. The zero-order chi connectivity index (χ0) is 9.97. The van der Waals surface area contributed by atoms with E-state index in [2.05, 4.69) is 24.4 Å². The molecule has 0 aliphatic heterocycles. The summed E-state index contributed by atoms with van der Waals surface area (Å²) >= 11 is 1.81. The molecule has 0 aromatic carbocycles. The van der Waals surface area contributed by atoms with E-state index >= 15 is 0 Å². The smallest absolute Gasteiger partial charge is 0.0516 e. The van der Waals surface area contributed by atoms with E-state index in [0.717, 1.165) is 12.6 Å². The molecule has 2 nitrogen and oxygen atoms in total. The molecule has 1 aliphatic carbocycles. The summed E-state index contributed by atoms with van der Waals surface area (Å²) in [5.74, 6) is 0. The summed E-state index contributed by atoms with van der Waals surface area (Å²) in [5.41, 5.74) is 6.08. The van der Waals surface area contributed by atoms with Crippen molar-refractivity contribution in [3.63, 3.8) is 0 Å². The maximum Gasteiger partial charge on any atom is 0.0516 e.